The molecule has 1 aromatic rings. The summed E-state index contributed by atoms with van der Waals surface area (Å²) >= 11 is 9.44. The van der Waals surface area contributed by atoms with E-state index >= 15 is 0 Å². The molecule has 0 unspecified atom stereocenters. The molecule has 3 amide bonds. The van der Waals surface area contributed by atoms with Crippen molar-refractivity contribution in [3.8, 4) is 5.75 Å². The maximum atomic E-state index is 12.2. The van der Waals surface area contributed by atoms with Crippen LogP contribution in [0.4, 0.5) is 9.59 Å². The van der Waals surface area contributed by atoms with Crippen LogP contribution in [0.5, 0.6) is 5.75 Å². The summed E-state index contributed by atoms with van der Waals surface area (Å²) in [6.07, 6.45) is 0.326. The molecule has 0 spiro atoms. The second-order valence-electron chi connectivity index (χ2n) is 7.46. The van der Waals surface area contributed by atoms with Gasteiger partial charge in [-0.2, -0.15) is 0 Å². The van der Waals surface area contributed by atoms with Crippen LogP contribution in [0.2, 0.25) is 5.02 Å². The first-order valence-electron chi connectivity index (χ1n) is 9.24. The highest BCUT2D eigenvalue weighted by Gasteiger charge is 2.27. The van der Waals surface area contributed by atoms with Crippen LogP contribution in [0, 0.1) is 0 Å². The average molecular weight is 477 g/mol. The number of rotatable bonds is 5. The van der Waals surface area contributed by atoms with Gasteiger partial charge in [-0.25, -0.2) is 9.59 Å². The molecular formula is C19H27BrClN3O4. The predicted octanol–water partition coefficient (Wildman–Crippen LogP) is 4.13. The van der Waals surface area contributed by atoms with E-state index in [1.54, 1.807) is 21.9 Å². The van der Waals surface area contributed by atoms with Gasteiger partial charge in [0.1, 0.15) is 11.4 Å². The van der Waals surface area contributed by atoms with Crippen LogP contribution in [0.25, 0.3) is 0 Å². The largest absolute Gasteiger partial charge is 0.492 e. The second-order valence-corrected chi connectivity index (χ2v) is 8.79. The Morgan fingerprint density at radius 1 is 1.18 bits per heavy atom. The highest BCUT2D eigenvalue weighted by atomic mass is 79.9. The third-order valence-electron chi connectivity index (χ3n) is 3.97. The number of hydrogen-bond acceptors (Lipinski definition) is 4. The minimum Gasteiger partial charge on any atom is -0.492 e. The van der Waals surface area contributed by atoms with Gasteiger partial charge >= 0.3 is 12.1 Å². The van der Waals surface area contributed by atoms with Crippen molar-refractivity contribution in [2.75, 3.05) is 39.3 Å². The number of nitrogens with one attached hydrogen (secondary N) is 1. The fraction of sp³-hybridized carbons (Fsp3) is 0.579. The topological polar surface area (TPSA) is 71.1 Å². The van der Waals surface area contributed by atoms with Gasteiger partial charge in [-0.3, -0.25) is 0 Å². The van der Waals surface area contributed by atoms with E-state index in [1.165, 1.54) is 0 Å². The lowest BCUT2D eigenvalue weighted by molar-refractivity contribution is 0.0170. The lowest BCUT2D eigenvalue weighted by Crippen LogP contribution is -2.54. The molecule has 1 aromatic carbocycles. The number of benzene rings is 1. The highest BCUT2D eigenvalue weighted by molar-refractivity contribution is 9.10. The Morgan fingerprint density at radius 3 is 2.43 bits per heavy atom. The monoisotopic (exact) mass is 475 g/mol. The molecule has 1 heterocycles. The third-order valence-corrected chi connectivity index (χ3v) is 4.76. The van der Waals surface area contributed by atoms with Crippen LogP contribution in [-0.2, 0) is 4.74 Å². The molecule has 1 aliphatic rings. The fourth-order valence-corrected chi connectivity index (χ4v) is 3.30. The van der Waals surface area contributed by atoms with E-state index in [2.05, 4.69) is 21.2 Å². The van der Waals surface area contributed by atoms with Crippen molar-refractivity contribution in [2.24, 2.45) is 0 Å². The molecule has 1 aliphatic heterocycles. The molecule has 0 atom stereocenters. The van der Waals surface area contributed by atoms with Gasteiger partial charge < -0.3 is 24.6 Å². The van der Waals surface area contributed by atoms with Gasteiger partial charge in [-0.1, -0.05) is 27.5 Å². The molecule has 28 heavy (non-hydrogen) atoms. The van der Waals surface area contributed by atoms with Gasteiger partial charge in [0.25, 0.3) is 0 Å². The van der Waals surface area contributed by atoms with Crippen LogP contribution in [0.1, 0.15) is 27.2 Å². The number of urea groups is 1. The molecule has 0 bridgehead atoms. The van der Waals surface area contributed by atoms with Crippen molar-refractivity contribution in [1.82, 2.24) is 15.1 Å². The molecule has 2 rings (SSSR count). The number of nitrogens with zero attached hydrogens (tertiary/aromatic N) is 2. The van der Waals surface area contributed by atoms with E-state index in [0.717, 1.165) is 4.47 Å². The van der Waals surface area contributed by atoms with E-state index in [9.17, 15) is 9.59 Å². The SMILES string of the molecule is CC(C)(C)OC(=O)N1CCN(C(=O)NCCCOc2ccc(Br)cc2Cl)CC1. The normalized spacial score (nSPS) is 14.6. The van der Waals surface area contributed by atoms with Crippen LogP contribution in [-0.4, -0.2) is 66.9 Å². The Labute approximate surface area is 179 Å². The summed E-state index contributed by atoms with van der Waals surface area (Å²) in [5.41, 5.74) is -0.520. The van der Waals surface area contributed by atoms with Crippen LogP contribution in [0.3, 0.4) is 0 Å². The molecule has 1 saturated heterocycles. The van der Waals surface area contributed by atoms with E-state index < -0.39 is 5.60 Å². The summed E-state index contributed by atoms with van der Waals surface area (Å²) in [5, 5.41) is 3.42. The summed E-state index contributed by atoms with van der Waals surface area (Å²) < 4.78 is 11.9. The summed E-state index contributed by atoms with van der Waals surface area (Å²) in [5.74, 6) is 0.620. The molecule has 0 saturated carbocycles. The summed E-state index contributed by atoms with van der Waals surface area (Å²) in [6.45, 7) is 8.36. The molecule has 7 nitrogen and oxygen atoms in total. The van der Waals surface area contributed by atoms with Crippen molar-refractivity contribution in [3.05, 3.63) is 27.7 Å². The van der Waals surface area contributed by atoms with Crippen LogP contribution >= 0.6 is 27.5 Å². The molecule has 0 aromatic heterocycles. The zero-order valence-electron chi connectivity index (χ0n) is 16.5. The maximum Gasteiger partial charge on any atom is 0.410 e. The third kappa shape index (κ3) is 7.39. The van der Waals surface area contributed by atoms with Gasteiger partial charge in [0, 0.05) is 37.2 Å². The number of carbonyl (C=O) groups excluding carboxylic acids is 2. The summed E-state index contributed by atoms with van der Waals surface area (Å²) in [7, 11) is 0. The number of hydrogen-bond donors (Lipinski definition) is 1. The molecular weight excluding hydrogens is 450 g/mol. The second kappa shape index (κ2) is 10.2. The van der Waals surface area contributed by atoms with Gasteiger partial charge in [-0.05, 0) is 45.4 Å². The van der Waals surface area contributed by atoms with E-state index in [0.29, 0.717) is 56.5 Å². The smallest absolute Gasteiger partial charge is 0.410 e. The zero-order valence-corrected chi connectivity index (χ0v) is 18.8. The number of carbonyl (C=O) groups is 2. The Morgan fingerprint density at radius 2 is 1.82 bits per heavy atom. The Kier molecular flexibility index (Phi) is 8.24. The number of piperazine rings is 1. The standard InChI is InChI=1S/C19H27BrClN3O4/c1-19(2,3)28-18(26)24-10-8-23(9-11-24)17(25)22-7-4-12-27-16-6-5-14(20)13-15(16)21/h5-6,13H,4,7-12H2,1-3H3,(H,22,25). The predicted molar refractivity (Wildman–Crippen MR) is 112 cm³/mol. The molecule has 1 N–H and O–H groups in total. The van der Waals surface area contributed by atoms with E-state index in [4.69, 9.17) is 21.1 Å². The van der Waals surface area contributed by atoms with Crippen molar-refractivity contribution in [2.45, 2.75) is 32.8 Å². The zero-order chi connectivity index (χ0) is 20.7. The summed E-state index contributed by atoms with van der Waals surface area (Å²) in [6, 6.07) is 5.30. The van der Waals surface area contributed by atoms with Gasteiger partial charge in [-0.15, -0.1) is 0 Å². The Bertz CT molecular complexity index is 688. The van der Waals surface area contributed by atoms with Gasteiger partial charge in [0.15, 0.2) is 0 Å². The van der Waals surface area contributed by atoms with Crippen LogP contribution in [0.15, 0.2) is 22.7 Å². The van der Waals surface area contributed by atoms with Gasteiger partial charge in [0.2, 0.25) is 0 Å². The minimum atomic E-state index is -0.520. The lowest BCUT2D eigenvalue weighted by atomic mass is 10.2. The molecule has 156 valence electrons. The molecule has 1 fully saturated rings. The molecule has 9 heteroatoms. The number of ether oxygens (including phenoxy) is 2. The van der Waals surface area contributed by atoms with Crippen molar-refractivity contribution in [1.29, 1.82) is 0 Å². The first kappa shape index (κ1) is 22.6. The first-order valence-corrected chi connectivity index (χ1v) is 10.4. The quantitative estimate of drug-likeness (QED) is 0.649. The van der Waals surface area contributed by atoms with E-state index in [-0.39, 0.29) is 12.1 Å². The first-order chi connectivity index (χ1) is 13.2. The molecule has 0 radical (unpaired) electrons. The lowest BCUT2D eigenvalue weighted by Gasteiger charge is -2.35. The summed E-state index contributed by atoms with van der Waals surface area (Å²) in [4.78, 5) is 27.6. The minimum absolute atomic E-state index is 0.134. The highest BCUT2D eigenvalue weighted by Crippen LogP contribution is 2.27. The fourth-order valence-electron chi connectivity index (χ4n) is 2.57. The van der Waals surface area contributed by atoms with Crippen molar-refractivity contribution >= 4 is 39.7 Å². The number of amides is 3. The Balaban J connectivity index is 1.63. The van der Waals surface area contributed by atoms with Gasteiger partial charge in [0.05, 0.1) is 11.6 Å². The van der Waals surface area contributed by atoms with Crippen molar-refractivity contribution < 1.29 is 19.1 Å². The molecule has 0 aliphatic carbocycles. The Hall–Kier alpha value is -1.67. The van der Waals surface area contributed by atoms with Crippen molar-refractivity contribution in [3.63, 3.8) is 0 Å². The van der Waals surface area contributed by atoms with Crippen LogP contribution < -0.4 is 10.1 Å². The van der Waals surface area contributed by atoms with E-state index in [1.807, 2.05) is 26.8 Å². The maximum absolute atomic E-state index is 12.2. The average Bonchev–Trinajstić information content (AvgIpc) is 2.61. The number of halogens is 2.